The summed E-state index contributed by atoms with van der Waals surface area (Å²) in [5, 5.41) is 2.42. The summed E-state index contributed by atoms with van der Waals surface area (Å²) in [7, 11) is 0. The van der Waals surface area contributed by atoms with Gasteiger partial charge < -0.3 is 10.2 Å². The van der Waals surface area contributed by atoms with Gasteiger partial charge in [0.1, 0.15) is 11.6 Å². The molecule has 1 aromatic carbocycles. The zero-order valence-corrected chi connectivity index (χ0v) is 13.4. The maximum absolute atomic E-state index is 13.6. The average molecular weight is 332 g/mol. The lowest BCUT2D eigenvalue weighted by atomic mass is 10.1. The minimum atomic E-state index is -0.827. The minimum absolute atomic E-state index is 0.0825. The van der Waals surface area contributed by atoms with Crippen LogP contribution >= 0.6 is 0 Å². The normalized spacial score (nSPS) is 14.5. The molecule has 5 nitrogen and oxygen atoms in total. The molecule has 1 amide bonds. The average Bonchev–Trinajstić information content (AvgIpc) is 2.58. The molecule has 0 atom stereocenters. The van der Waals surface area contributed by atoms with Crippen LogP contribution in [-0.2, 0) is 0 Å². The molecule has 1 aliphatic heterocycles. The van der Waals surface area contributed by atoms with Crippen LogP contribution in [0.4, 0.5) is 20.4 Å². The molecule has 1 aromatic heterocycles. The number of piperidine rings is 1. The summed E-state index contributed by atoms with van der Waals surface area (Å²) in [6.07, 6.45) is 4.87. The second kappa shape index (κ2) is 6.90. The highest BCUT2D eigenvalue weighted by molar-refractivity contribution is 6.04. The van der Waals surface area contributed by atoms with Crippen LogP contribution in [0.15, 0.2) is 24.4 Å². The van der Waals surface area contributed by atoms with E-state index in [9.17, 15) is 13.6 Å². The Kier molecular flexibility index (Phi) is 4.69. The lowest BCUT2D eigenvalue weighted by Gasteiger charge is -2.26. The van der Waals surface area contributed by atoms with Gasteiger partial charge in [0.25, 0.3) is 5.91 Å². The number of hydrogen-bond donors (Lipinski definition) is 1. The van der Waals surface area contributed by atoms with Gasteiger partial charge in [-0.2, -0.15) is 0 Å². The number of amides is 1. The Bertz CT molecular complexity index is 760. The molecule has 1 N–H and O–H groups in total. The number of rotatable bonds is 3. The number of benzene rings is 1. The second-order valence-electron chi connectivity index (χ2n) is 5.80. The molecular weight excluding hydrogens is 314 g/mol. The molecule has 0 saturated carbocycles. The third-order valence-electron chi connectivity index (χ3n) is 4.03. The zero-order valence-electron chi connectivity index (χ0n) is 13.4. The van der Waals surface area contributed by atoms with Crippen molar-refractivity contribution in [3.8, 4) is 0 Å². The van der Waals surface area contributed by atoms with E-state index in [0.717, 1.165) is 38.1 Å². The molecule has 0 aliphatic carbocycles. The molecule has 7 heteroatoms. The number of aryl methyl sites for hydroxylation is 1. The van der Waals surface area contributed by atoms with Crippen molar-refractivity contribution in [1.82, 2.24) is 9.97 Å². The van der Waals surface area contributed by atoms with E-state index >= 15 is 0 Å². The van der Waals surface area contributed by atoms with Gasteiger partial charge in [0.05, 0.1) is 16.9 Å². The first-order chi connectivity index (χ1) is 11.5. The van der Waals surface area contributed by atoms with Crippen molar-refractivity contribution >= 4 is 17.5 Å². The van der Waals surface area contributed by atoms with Crippen LogP contribution in [0.3, 0.4) is 0 Å². The molecule has 3 rings (SSSR count). The van der Waals surface area contributed by atoms with Gasteiger partial charge in [0.15, 0.2) is 0 Å². The second-order valence-corrected chi connectivity index (χ2v) is 5.80. The van der Waals surface area contributed by atoms with E-state index in [4.69, 9.17) is 0 Å². The van der Waals surface area contributed by atoms with E-state index in [2.05, 4.69) is 20.2 Å². The van der Waals surface area contributed by atoms with Crippen LogP contribution in [0.5, 0.6) is 0 Å². The predicted molar refractivity (Wildman–Crippen MR) is 87.1 cm³/mol. The summed E-state index contributed by atoms with van der Waals surface area (Å²) in [5.41, 5.74) is 0.700. The van der Waals surface area contributed by atoms with E-state index in [1.165, 1.54) is 18.7 Å². The van der Waals surface area contributed by atoms with Crippen molar-refractivity contribution < 1.29 is 13.6 Å². The van der Waals surface area contributed by atoms with Gasteiger partial charge in [0.2, 0.25) is 5.95 Å². The molecule has 126 valence electrons. The molecule has 0 radical (unpaired) electrons. The molecule has 0 bridgehead atoms. The van der Waals surface area contributed by atoms with Gasteiger partial charge in [-0.25, -0.2) is 18.7 Å². The number of aromatic nitrogens is 2. The molecule has 1 saturated heterocycles. The van der Waals surface area contributed by atoms with Gasteiger partial charge in [-0.1, -0.05) is 0 Å². The number of halogens is 2. The van der Waals surface area contributed by atoms with Gasteiger partial charge in [-0.3, -0.25) is 4.79 Å². The minimum Gasteiger partial charge on any atom is -0.341 e. The predicted octanol–water partition coefficient (Wildman–Crippen LogP) is 3.31. The first-order valence-corrected chi connectivity index (χ1v) is 7.89. The molecule has 0 spiro atoms. The SMILES string of the molecule is Cc1nc(N2CCCCC2)ncc1C(=O)Nc1ccc(F)cc1F. The summed E-state index contributed by atoms with van der Waals surface area (Å²) in [6.45, 7) is 3.53. The highest BCUT2D eigenvalue weighted by Crippen LogP contribution is 2.19. The van der Waals surface area contributed by atoms with E-state index in [1.54, 1.807) is 6.92 Å². The molecular formula is C17H18F2N4O. The summed E-state index contributed by atoms with van der Waals surface area (Å²) >= 11 is 0. The topological polar surface area (TPSA) is 58.1 Å². The van der Waals surface area contributed by atoms with E-state index < -0.39 is 17.5 Å². The zero-order chi connectivity index (χ0) is 17.1. The van der Waals surface area contributed by atoms with Crippen LogP contribution in [0.1, 0.15) is 35.3 Å². The largest absolute Gasteiger partial charge is 0.341 e. The standard InChI is InChI=1S/C17H18F2N4O/c1-11-13(10-20-17(21-11)23-7-3-2-4-8-23)16(24)22-15-6-5-12(18)9-14(15)19/h5-6,9-10H,2-4,7-8H2,1H3,(H,22,24). The Labute approximate surface area is 138 Å². The number of anilines is 2. The molecule has 2 heterocycles. The Balaban J connectivity index is 1.77. The summed E-state index contributed by atoms with van der Waals surface area (Å²) < 4.78 is 26.6. The van der Waals surface area contributed by atoms with E-state index in [0.29, 0.717) is 11.6 Å². The molecule has 24 heavy (non-hydrogen) atoms. The maximum Gasteiger partial charge on any atom is 0.259 e. The van der Waals surface area contributed by atoms with Crippen LogP contribution < -0.4 is 10.2 Å². The quantitative estimate of drug-likeness (QED) is 0.937. The van der Waals surface area contributed by atoms with Crippen LogP contribution in [0.25, 0.3) is 0 Å². The van der Waals surface area contributed by atoms with E-state index in [-0.39, 0.29) is 11.3 Å². The molecule has 1 aliphatic rings. The highest BCUT2D eigenvalue weighted by atomic mass is 19.1. The van der Waals surface area contributed by atoms with Gasteiger partial charge in [-0.05, 0) is 38.3 Å². The van der Waals surface area contributed by atoms with Crippen molar-refractivity contribution in [2.24, 2.45) is 0 Å². The Hall–Kier alpha value is -2.57. The highest BCUT2D eigenvalue weighted by Gasteiger charge is 2.18. The lowest BCUT2D eigenvalue weighted by Crippen LogP contribution is -2.31. The fraction of sp³-hybridized carbons (Fsp3) is 0.353. The van der Waals surface area contributed by atoms with Crippen molar-refractivity contribution in [1.29, 1.82) is 0 Å². The third kappa shape index (κ3) is 3.50. The van der Waals surface area contributed by atoms with Crippen LogP contribution in [0, 0.1) is 18.6 Å². The van der Waals surface area contributed by atoms with Crippen molar-refractivity contribution in [2.75, 3.05) is 23.3 Å². The first-order valence-electron chi connectivity index (χ1n) is 7.89. The van der Waals surface area contributed by atoms with Gasteiger partial charge in [0, 0.05) is 25.4 Å². The van der Waals surface area contributed by atoms with Gasteiger partial charge in [-0.15, -0.1) is 0 Å². The third-order valence-corrected chi connectivity index (χ3v) is 4.03. The van der Waals surface area contributed by atoms with Crippen LogP contribution in [-0.4, -0.2) is 29.0 Å². The van der Waals surface area contributed by atoms with Crippen molar-refractivity contribution in [2.45, 2.75) is 26.2 Å². The number of hydrogen-bond acceptors (Lipinski definition) is 4. The van der Waals surface area contributed by atoms with Gasteiger partial charge >= 0.3 is 0 Å². The monoisotopic (exact) mass is 332 g/mol. The van der Waals surface area contributed by atoms with E-state index in [1.807, 2.05) is 0 Å². The number of nitrogens with one attached hydrogen (secondary N) is 1. The number of carbonyl (C=O) groups is 1. The fourth-order valence-corrected chi connectivity index (χ4v) is 2.70. The maximum atomic E-state index is 13.6. The smallest absolute Gasteiger partial charge is 0.259 e. The summed E-state index contributed by atoms with van der Waals surface area (Å²) in [5.74, 6) is -1.44. The number of carbonyl (C=O) groups excluding carboxylic acids is 1. The first kappa shape index (κ1) is 16.3. The Morgan fingerprint density at radius 3 is 2.62 bits per heavy atom. The van der Waals surface area contributed by atoms with Crippen LogP contribution in [0.2, 0.25) is 0 Å². The fourth-order valence-electron chi connectivity index (χ4n) is 2.70. The van der Waals surface area contributed by atoms with Crippen molar-refractivity contribution in [3.05, 3.63) is 47.3 Å². The number of nitrogens with zero attached hydrogens (tertiary/aromatic N) is 3. The van der Waals surface area contributed by atoms with Crippen molar-refractivity contribution in [3.63, 3.8) is 0 Å². The Morgan fingerprint density at radius 1 is 1.21 bits per heavy atom. The molecule has 2 aromatic rings. The Morgan fingerprint density at radius 2 is 1.96 bits per heavy atom. The molecule has 1 fully saturated rings. The lowest BCUT2D eigenvalue weighted by molar-refractivity contribution is 0.102. The summed E-state index contributed by atoms with van der Waals surface area (Å²) in [4.78, 5) is 23.0. The summed E-state index contributed by atoms with van der Waals surface area (Å²) in [6, 6.07) is 2.99. The molecule has 0 unspecified atom stereocenters.